The summed E-state index contributed by atoms with van der Waals surface area (Å²) in [5, 5.41) is 5.56. The summed E-state index contributed by atoms with van der Waals surface area (Å²) < 4.78 is 13.6. The van der Waals surface area contributed by atoms with Crippen LogP contribution in [0.15, 0.2) is 18.2 Å². The summed E-state index contributed by atoms with van der Waals surface area (Å²) in [5.74, 6) is -1.54. The maximum absolute atomic E-state index is 13.6. The fourth-order valence-corrected chi connectivity index (χ4v) is 2.07. The largest absolute Gasteiger partial charge is 0.366 e. The van der Waals surface area contributed by atoms with E-state index in [1.807, 2.05) is 0 Å². The highest BCUT2D eigenvalue weighted by Gasteiger charge is 2.21. The Bertz CT molecular complexity index is 499. The molecule has 2 rings (SSSR count). The molecule has 0 aromatic heterocycles. The molecule has 1 fully saturated rings. The number of benzene rings is 1. The maximum Gasteiger partial charge on any atom is 0.248 e. The highest BCUT2D eigenvalue weighted by molar-refractivity contribution is 5.98. The lowest BCUT2D eigenvalue weighted by Gasteiger charge is -2.22. The smallest absolute Gasteiger partial charge is 0.248 e. The first-order valence-electron chi connectivity index (χ1n) is 6.21. The summed E-state index contributed by atoms with van der Waals surface area (Å²) in [6.07, 6.45) is 2.73. The van der Waals surface area contributed by atoms with E-state index in [2.05, 4.69) is 10.6 Å². The lowest BCUT2D eigenvalue weighted by atomic mass is 10.0. The van der Waals surface area contributed by atoms with Crippen LogP contribution >= 0.6 is 0 Å². The van der Waals surface area contributed by atoms with Crippen molar-refractivity contribution >= 4 is 17.5 Å². The molecule has 1 atom stereocenters. The van der Waals surface area contributed by atoms with E-state index in [1.54, 1.807) is 0 Å². The fraction of sp³-hybridized carbons (Fsp3) is 0.385. The summed E-state index contributed by atoms with van der Waals surface area (Å²) in [6, 6.07) is 3.33. The molecule has 0 bridgehead atoms. The van der Waals surface area contributed by atoms with Gasteiger partial charge in [0.2, 0.25) is 11.8 Å². The Morgan fingerprint density at radius 2 is 2.16 bits per heavy atom. The Morgan fingerprint density at radius 1 is 1.37 bits per heavy atom. The minimum absolute atomic E-state index is 0.0197. The zero-order valence-electron chi connectivity index (χ0n) is 10.4. The van der Waals surface area contributed by atoms with E-state index in [1.165, 1.54) is 12.1 Å². The minimum Gasteiger partial charge on any atom is -0.366 e. The SMILES string of the molecule is NC(=O)c1ccc(F)c(NC(=O)[C@@H]2CCCCN2)c1. The van der Waals surface area contributed by atoms with Gasteiger partial charge in [-0.3, -0.25) is 9.59 Å². The highest BCUT2D eigenvalue weighted by Crippen LogP contribution is 2.17. The van der Waals surface area contributed by atoms with Gasteiger partial charge in [0.25, 0.3) is 0 Å². The molecular weight excluding hydrogens is 249 g/mol. The van der Waals surface area contributed by atoms with E-state index in [0.717, 1.165) is 31.9 Å². The van der Waals surface area contributed by atoms with Gasteiger partial charge in [-0.2, -0.15) is 0 Å². The molecule has 0 unspecified atom stereocenters. The molecule has 102 valence electrons. The van der Waals surface area contributed by atoms with Crippen molar-refractivity contribution in [3.63, 3.8) is 0 Å². The first-order chi connectivity index (χ1) is 9.08. The molecule has 1 aliphatic heterocycles. The molecule has 5 nitrogen and oxygen atoms in total. The third-order valence-electron chi connectivity index (χ3n) is 3.14. The third kappa shape index (κ3) is 3.29. The Balaban J connectivity index is 2.11. The van der Waals surface area contributed by atoms with Crippen LogP contribution in [0.25, 0.3) is 0 Å². The van der Waals surface area contributed by atoms with Gasteiger partial charge in [0, 0.05) is 5.56 Å². The quantitative estimate of drug-likeness (QED) is 0.762. The van der Waals surface area contributed by atoms with Gasteiger partial charge < -0.3 is 16.4 Å². The number of carbonyl (C=O) groups is 2. The lowest BCUT2D eigenvalue weighted by Crippen LogP contribution is -2.43. The summed E-state index contributed by atoms with van der Waals surface area (Å²) >= 11 is 0. The number of anilines is 1. The number of halogens is 1. The van der Waals surface area contributed by atoms with Crippen LogP contribution in [0.5, 0.6) is 0 Å². The number of hydrogen-bond donors (Lipinski definition) is 3. The molecule has 0 radical (unpaired) electrons. The van der Waals surface area contributed by atoms with E-state index in [9.17, 15) is 14.0 Å². The van der Waals surface area contributed by atoms with Crippen LogP contribution in [0, 0.1) is 5.82 Å². The van der Waals surface area contributed by atoms with Gasteiger partial charge in [-0.05, 0) is 37.6 Å². The van der Waals surface area contributed by atoms with Crippen molar-refractivity contribution in [1.29, 1.82) is 0 Å². The van der Waals surface area contributed by atoms with Gasteiger partial charge in [-0.15, -0.1) is 0 Å². The fourth-order valence-electron chi connectivity index (χ4n) is 2.07. The zero-order chi connectivity index (χ0) is 13.8. The van der Waals surface area contributed by atoms with Gasteiger partial charge in [-0.25, -0.2) is 4.39 Å². The highest BCUT2D eigenvalue weighted by atomic mass is 19.1. The topological polar surface area (TPSA) is 84.2 Å². The molecule has 1 heterocycles. The van der Waals surface area contributed by atoms with Crippen LogP contribution in [-0.2, 0) is 4.79 Å². The van der Waals surface area contributed by atoms with Crippen molar-refractivity contribution in [2.45, 2.75) is 25.3 Å². The number of rotatable bonds is 3. The molecular formula is C13H16FN3O2. The second-order valence-corrected chi connectivity index (χ2v) is 4.55. The van der Waals surface area contributed by atoms with Crippen LogP contribution in [-0.4, -0.2) is 24.4 Å². The van der Waals surface area contributed by atoms with Crippen molar-refractivity contribution in [1.82, 2.24) is 5.32 Å². The average Bonchev–Trinajstić information content (AvgIpc) is 2.42. The number of amides is 2. The normalized spacial score (nSPS) is 18.9. The second kappa shape index (κ2) is 5.79. The summed E-state index contributed by atoms with van der Waals surface area (Å²) in [7, 11) is 0. The predicted octanol–water partition coefficient (Wildman–Crippen LogP) is 1.01. The first kappa shape index (κ1) is 13.5. The van der Waals surface area contributed by atoms with Crippen molar-refractivity contribution in [3.05, 3.63) is 29.6 Å². The van der Waals surface area contributed by atoms with Crippen LogP contribution in [0.2, 0.25) is 0 Å². The minimum atomic E-state index is -0.661. The van der Waals surface area contributed by atoms with Gasteiger partial charge in [0.15, 0.2) is 0 Å². The van der Waals surface area contributed by atoms with Crippen LogP contribution in [0.1, 0.15) is 29.6 Å². The molecule has 6 heteroatoms. The Labute approximate surface area is 110 Å². The summed E-state index contributed by atoms with van der Waals surface area (Å²) in [6.45, 7) is 0.780. The second-order valence-electron chi connectivity index (χ2n) is 4.55. The number of nitrogens with one attached hydrogen (secondary N) is 2. The third-order valence-corrected chi connectivity index (χ3v) is 3.14. The molecule has 1 saturated heterocycles. The van der Waals surface area contributed by atoms with Gasteiger partial charge >= 0.3 is 0 Å². The predicted molar refractivity (Wildman–Crippen MR) is 69.2 cm³/mol. The van der Waals surface area contributed by atoms with Gasteiger partial charge in [0.1, 0.15) is 5.82 Å². The van der Waals surface area contributed by atoms with Gasteiger partial charge in [0.05, 0.1) is 11.7 Å². The summed E-state index contributed by atoms with van der Waals surface area (Å²) in [4.78, 5) is 23.0. The molecule has 1 aromatic carbocycles. The molecule has 2 amide bonds. The van der Waals surface area contributed by atoms with Crippen molar-refractivity contribution in [3.8, 4) is 0 Å². The molecule has 19 heavy (non-hydrogen) atoms. The molecule has 0 spiro atoms. The van der Waals surface area contributed by atoms with E-state index in [-0.39, 0.29) is 23.2 Å². The average molecular weight is 265 g/mol. The number of hydrogen-bond acceptors (Lipinski definition) is 3. The van der Waals surface area contributed by atoms with E-state index in [4.69, 9.17) is 5.73 Å². The zero-order valence-corrected chi connectivity index (χ0v) is 10.4. The maximum atomic E-state index is 13.6. The van der Waals surface area contributed by atoms with Crippen molar-refractivity contribution in [2.75, 3.05) is 11.9 Å². The molecule has 1 aromatic rings. The van der Waals surface area contributed by atoms with Crippen molar-refractivity contribution in [2.24, 2.45) is 5.73 Å². The van der Waals surface area contributed by atoms with E-state index < -0.39 is 11.7 Å². The van der Waals surface area contributed by atoms with E-state index in [0.29, 0.717) is 0 Å². The van der Waals surface area contributed by atoms with Crippen LogP contribution < -0.4 is 16.4 Å². The first-order valence-corrected chi connectivity index (χ1v) is 6.21. The molecule has 0 aliphatic carbocycles. The van der Waals surface area contributed by atoms with Gasteiger partial charge in [-0.1, -0.05) is 6.42 Å². The molecule has 1 aliphatic rings. The lowest BCUT2D eigenvalue weighted by molar-refractivity contribution is -0.118. The van der Waals surface area contributed by atoms with E-state index >= 15 is 0 Å². The molecule has 0 saturated carbocycles. The Hall–Kier alpha value is -1.95. The molecule has 4 N–H and O–H groups in total. The summed E-state index contributed by atoms with van der Waals surface area (Å²) in [5.41, 5.74) is 5.26. The van der Waals surface area contributed by atoms with Crippen LogP contribution in [0.4, 0.5) is 10.1 Å². The number of primary amides is 1. The Kier molecular flexibility index (Phi) is 4.11. The standard InChI is InChI=1S/C13H16FN3O2/c14-9-5-4-8(12(15)18)7-11(9)17-13(19)10-3-1-2-6-16-10/h4-5,7,10,16H,1-3,6H2,(H2,15,18)(H,17,19)/t10-/m0/s1. The monoisotopic (exact) mass is 265 g/mol. The number of nitrogens with two attached hydrogens (primary N) is 1. The number of carbonyl (C=O) groups excluding carboxylic acids is 2. The Morgan fingerprint density at radius 3 is 2.79 bits per heavy atom. The number of piperidine rings is 1. The van der Waals surface area contributed by atoms with Crippen molar-refractivity contribution < 1.29 is 14.0 Å². The van der Waals surface area contributed by atoms with Crippen LogP contribution in [0.3, 0.4) is 0 Å².